The molecule has 0 aromatic heterocycles. The highest BCUT2D eigenvalue weighted by molar-refractivity contribution is 7.99. The largest absolute Gasteiger partial charge is 0.370 e. The molecule has 0 saturated carbocycles. The van der Waals surface area contributed by atoms with Crippen molar-refractivity contribution in [2.24, 2.45) is 10.7 Å². The molecule has 1 aromatic carbocycles. The van der Waals surface area contributed by atoms with Crippen LogP contribution in [-0.2, 0) is 0 Å². The molecule has 2 N–H and O–H groups in total. The monoisotopic (exact) mass is 393 g/mol. The normalized spacial score (nSPS) is 12.1. The molecule has 0 aliphatic carbocycles. The summed E-state index contributed by atoms with van der Waals surface area (Å²) in [6.07, 6.45) is 0. The quantitative estimate of drug-likeness (QED) is 0.299. The lowest BCUT2D eigenvalue weighted by molar-refractivity contribution is 0.270. The van der Waals surface area contributed by atoms with E-state index in [0.29, 0.717) is 5.96 Å². The van der Waals surface area contributed by atoms with Crippen molar-refractivity contribution in [3.05, 3.63) is 30.3 Å². The van der Waals surface area contributed by atoms with Crippen LogP contribution in [0.1, 0.15) is 27.7 Å². The summed E-state index contributed by atoms with van der Waals surface area (Å²) in [5.74, 6) is 1.69. The van der Waals surface area contributed by atoms with Gasteiger partial charge in [-0.15, -0.1) is 11.8 Å². The molecule has 5 nitrogen and oxygen atoms in total. The third-order valence-corrected chi connectivity index (χ3v) is 5.85. The molecule has 0 bridgehead atoms. The van der Waals surface area contributed by atoms with Crippen LogP contribution in [0, 0.1) is 0 Å². The number of guanidine groups is 1. The molecular formula is C21H39N5S. The average Bonchev–Trinajstić information content (AvgIpc) is 2.71. The topological polar surface area (TPSA) is 48.1 Å². The Morgan fingerprint density at radius 2 is 1.44 bits per heavy atom. The van der Waals surface area contributed by atoms with Gasteiger partial charge in [-0.25, -0.2) is 0 Å². The predicted octanol–water partition coefficient (Wildman–Crippen LogP) is 3.08. The molecule has 27 heavy (non-hydrogen) atoms. The molecule has 0 fully saturated rings. The molecule has 0 unspecified atom stereocenters. The number of hydrogen-bond acceptors (Lipinski definition) is 4. The van der Waals surface area contributed by atoms with Crippen molar-refractivity contribution >= 4 is 17.7 Å². The van der Waals surface area contributed by atoms with Gasteiger partial charge < -0.3 is 20.4 Å². The van der Waals surface area contributed by atoms with Gasteiger partial charge in [0.05, 0.1) is 6.54 Å². The molecule has 0 spiro atoms. The van der Waals surface area contributed by atoms with Gasteiger partial charge in [-0.3, -0.25) is 4.99 Å². The summed E-state index contributed by atoms with van der Waals surface area (Å²) in [6, 6.07) is 10.5. The third-order valence-electron chi connectivity index (χ3n) is 4.86. The first-order valence-corrected chi connectivity index (χ1v) is 11.3. The highest BCUT2D eigenvalue weighted by Gasteiger charge is 2.10. The summed E-state index contributed by atoms with van der Waals surface area (Å²) in [5.41, 5.74) is 6.37. The van der Waals surface area contributed by atoms with Crippen LogP contribution in [0.5, 0.6) is 0 Å². The Hall–Kier alpha value is -1.24. The second-order valence-electron chi connectivity index (χ2n) is 6.44. The lowest BCUT2D eigenvalue weighted by Gasteiger charge is -2.27. The van der Waals surface area contributed by atoms with E-state index in [2.05, 4.69) is 77.7 Å². The molecule has 6 heteroatoms. The SMILES string of the molecule is CCN(CC)CCN=C(N)N(CCSc1ccccc1)CCN(CC)CC. The highest BCUT2D eigenvalue weighted by Crippen LogP contribution is 2.16. The molecular weight excluding hydrogens is 354 g/mol. The summed E-state index contributed by atoms with van der Waals surface area (Å²) in [4.78, 5) is 13.0. The van der Waals surface area contributed by atoms with Crippen LogP contribution in [0.25, 0.3) is 0 Å². The predicted molar refractivity (Wildman–Crippen MR) is 121 cm³/mol. The number of likely N-dealkylation sites (N-methyl/N-ethyl adjacent to an activating group) is 2. The molecule has 154 valence electrons. The van der Waals surface area contributed by atoms with Crippen LogP contribution in [0.4, 0.5) is 0 Å². The van der Waals surface area contributed by atoms with Gasteiger partial charge >= 0.3 is 0 Å². The average molecular weight is 394 g/mol. The number of nitrogens with two attached hydrogens (primary N) is 1. The summed E-state index contributed by atoms with van der Waals surface area (Å²) in [6.45, 7) is 17.7. The van der Waals surface area contributed by atoms with E-state index in [1.54, 1.807) is 0 Å². The van der Waals surface area contributed by atoms with Gasteiger partial charge in [0.25, 0.3) is 0 Å². The van der Waals surface area contributed by atoms with E-state index in [4.69, 9.17) is 5.73 Å². The van der Waals surface area contributed by atoms with Crippen LogP contribution in [0.15, 0.2) is 40.2 Å². The maximum absolute atomic E-state index is 6.37. The van der Waals surface area contributed by atoms with Crippen molar-refractivity contribution in [1.82, 2.24) is 14.7 Å². The van der Waals surface area contributed by atoms with Crippen LogP contribution in [-0.4, -0.2) is 85.3 Å². The Balaban J connectivity index is 2.59. The van der Waals surface area contributed by atoms with Crippen molar-refractivity contribution < 1.29 is 0 Å². The number of benzene rings is 1. The molecule has 0 amide bonds. The molecule has 1 rings (SSSR count). The maximum atomic E-state index is 6.37. The Kier molecular flexibility index (Phi) is 13.0. The Morgan fingerprint density at radius 3 is 2.04 bits per heavy atom. The zero-order valence-electron chi connectivity index (χ0n) is 17.7. The fraction of sp³-hybridized carbons (Fsp3) is 0.667. The summed E-state index contributed by atoms with van der Waals surface area (Å²) >= 11 is 1.87. The first kappa shape index (κ1) is 23.8. The highest BCUT2D eigenvalue weighted by atomic mass is 32.2. The summed E-state index contributed by atoms with van der Waals surface area (Å²) in [7, 11) is 0. The third kappa shape index (κ3) is 10.0. The summed E-state index contributed by atoms with van der Waals surface area (Å²) in [5, 5.41) is 0. The van der Waals surface area contributed by atoms with E-state index in [0.717, 1.165) is 64.7 Å². The van der Waals surface area contributed by atoms with Crippen molar-refractivity contribution in [3.63, 3.8) is 0 Å². The van der Waals surface area contributed by atoms with Gasteiger partial charge in [0.1, 0.15) is 0 Å². The van der Waals surface area contributed by atoms with E-state index < -0.39 is 0 Å². The van der Waals surface area contributed by atoms with Gasteiger partial charge in [0.2, 0.25) is 0 Å². The van der Waals surface area contributed by atoms with E-state index in [9.17, 15) is 0 Å². The molecule has 0 aliphatic rings. The second kappa shape index (κ2) is 14.8. The van der Waals surface area contributed by atoms with Crippen LogP contribution in [0.3, 0.4) is 0 Å². The fourth-order valence-corrected chi connectivity index (χ4v) is 3.78. The molecule has 1 aromatic rings. The minimum absolute atomic E-state index is 0.683. The van der Waals surface area contributed by atoms with Crippen LogP contribution >= 0.6 is 11.8 Å². The van der Waals surface area contributed by atoms with Crippen molar-refractivity contribution in [2.45, 2.75) is 32.6 Å². The smallest absolute Gasteiger partial charge is 0.191 e. The molecule has 0 radical (unpaired) electrons. The fourth-order valence-electron chi connectivity index (χ4n) is 2.88. The van der Waals surface area contributed by atoms with Crippen molar-refractivity contribution in [3.8, 4) is 0 Å². The van der Waals surface area contributed by atoms with E-state index in [1.807, 2.05) is 11.8 Å². The van der Waals surface area contributed by atoms with Crippen LogP contribution in [0.2, 0.25) is 0 Å². The molecule has 0 saturated heterocycles. The molecule has 0 atom stereocenters. The van der Waals surface area contributed by atoms with Crippen molar-refractivity contribution in [1.29, 1.82) is 0 Å². The lowest BCUT2D eigenvalue weighted by atomic mass is 10.4. The minimum atomic E-state index is 0.683. The first-order chi connectivity index (χ1) is 13.1. The van der Waals surface area contributed by atoms with Gasteiger partial charge in [-0.1, -0.05) is 45.9 Å². The molecule has 0 aliphatic heterocycles. The van der Waals surface area contributed by atoms with Crippen LogP contribution < -0.4 is 5.73 Å². The number of thioether (sulfide) groups is 1. The second-order valence-corrected chi connectivity index (χ2v) is 7.61. The Labute approximate surface area is 171 Å². The molecule has 0 heterocycles. The number of hydrogen-bond donors (Lipinski definition) is 1. The summed E-state index contributed by atoms with van der Waals surface area (Å²) < 4.78 is 0. The number of nitrogens with zero attached hydrogens (tertiary/aromatic N) is 4. The van der Waals surface area contributed by atoms with E-state index in [-0.39, 0.29) is 0 Å². The van der Waals surface area contributed by atoms with Crippen molar-refractivity contribution in [2.75, 3.05) is 64.7 Å². The standard InChI is InChI=1S/C21H39N5S/c1-5-24(6-2)15-14-23-21(22)26(17-16-25(7-3)8-4)18-19-27-20-12-10-9-11-13-20/h9-13H,5-8,14-19H2,1-4H3,(H2,22,23). The Morgan fingerprint density at radius 1 is 0.852 bits per heavy atom. The van der Waals surface area contributed by atoms with E-state index >= 15 is 0 Å². The van der Waals surface area contributed by atoms with Gasteiger partial charge in [-0.05, 0) is 38.3 Å². The van der Waals surface area contributed by atoms with Gasteiger partial charge in [-0.2, -0.15) is 0 Å². The Bertz CT molecular complexity index is 501. The maximum Gasteiger partial charge on any atom is 0.191 e. The van der Waals surface area contributed by atoms with E-state index in [1.165, 1.54) is 4.90 Å². The minimum Gasteiger partial charge on any atom is -0.370 e. The lowest BCUT2D eigenvalue weighted by Crippen LogP contribution is -2.44. The number of aliphatic imine (C=N–C) groups is 1. The van der Waals surface area contributed by atoms with Gasteiger partial charge in [0, 0.05) is 36.8 Å². The zero-order valence-corrected chi connectivity index (χ0v) is 18.5. The number of rotatable bonds is 14. The first-order valence-electron chi connectivity index (χ1n) is 10.3. The zero-order chi connectivity index (χ0) is 19.9. The van der Waals surface area contributed by atoms with Gasteiger partial charge in [0.15, 0.2) is 5.96 Å².